The highest BCUT2D eigenvalue weighted by molar-refractivity contribution is 7.25. The predicted molar refractivity (Wildman–Crippen MR) is 228 cm³/mol. The Morgan fingerprint density at radius 2 is 0.943 bits per heavy atom. The van der Waals surface area contributed by atoms with E-state index in [2.05, 4.69) is 207 Å². The van der Waals surface area contributed by atoms with Crippen molar-refractivity contribution in [2.45, 2.75) is 19.3 Å². The van der Waals surface area contributed by atoms with Crippen LogP contribution >= 0.6 is 11.3 Å². The first-order chi connectivity index (χ1) is 26.0. The minimum atomic E-state index is -0.110. The Labute approximate surface area is 315 Å². The van der Waals surface area contributed by atoms with Crippen LogP contribution in [0.15, 0.2) is 188 Å². The molecule has 8 aromatic carbocycles. The zero-order valence-corrected chi connectivity index (χ0v) is 30.6. The van der Waals surface area contributed by atoms with Crippen molar-refractivity contribution >= 4 is 48.6 Å². The van der Waals surface area contributed by atoms with Crippen LogP contribution in [0.4, 0.5) is 17.1 Å². The van der Waals surface area contributed by atoms with Crippen molar-refractivity contribution in [2.75, 3.05) is 4.90 Å². The van der Waals surface area contributed by atoms with Gasteiger partial charge in [-0.05, 0) is 92.5 Å². The molecule has 252 valence electrons. The molecule has 1 aromatic heterocycles. The highest BCUT2D eigenvalue weighted by atomic mass is 32.1. The van der Waals surface area contributed by atoms with Gasteiger partial charge in [0.05, 0.1) is 5.69 Å². The predicted octanol–water partition coefficient (Wildman–Crippen LogP) is 14.8. The summed E-state index contributed by atoms with van der Waals surface area (Å²) in [7, 11) is 0. The van der Waals surface area contributed by atoms with Gasteiger partial charge in [-0.15, -0.1) is 11.3 Å². The fourth-order valence-corrected chi connectivity index (χ4v) is 9.50. The lowest BCUT2D eigenvalue weighted by Gasteiger charge is -2.30. The third kappa shape index (κ3) is 5.29. The van der Waals surface area contributed by atoms with Gasteiger partial charge in [-0.2, -0.15) is 0 Å². The van der Waals surface area contributed by atoms with Gasteiger partial charge in [0.15, 0.2) is 0 Å². The third-order valence-corrected chi connectivity index (χ3v) is 12.2. The maximum absolute atomic E-state index is 2.48. The highest BCUT2D eigenvalue weighted by Crippen LogP contribution is 2.52. The Bertz CT molecular complexity index is 2790. The molecular formula is C51H37NS. The summed E-state index contributed by atoms with van der Waals surface area (Å²) >= 11 is 1.87. The number of nitrogens with zero attached hydrogens (tertiary/aromatic N) is 1. The average molecular weight is 696 g/mol. The molecule has 0 unspecified atom stereocenters. The van der Waals surface area contributed by atoms with Gasteiger partial charge in [-0.1, -0.05) is 159 Å². The number of anilines is 3. The Balaban J connectivity index is 1.17. The molecule has 0 spiro atoms. The number of rotatable bonds is 6. The van der Waals surface area contributed by atoms with Crippen molar-refractivity contribution in [1.29, 1.82) is 0 Å². The molecule has 1 aliphatic carbocycles. The number of benzene rings is 8. The van der Waals surface area contributed by atoms with Crippen LogP contribution in [0.5, 0.6) is 0 Å². The summed E-state index contributed by atoms with van der Waals surface area (Å²) < 4.78 is 2.61. The topological polar surface area (TPSA) is 3.24 Å². The molecule has 0 aliphatic heterocycles. The quantitative estimate of drug-likeness (QED) is 0.167. The van der Waals surface area contributed by atoms with E-state index >= 15 is 0 Å². The second kappa shape index (κ2) is 12.5. The van der Waals surface area contributed by atoms with Crippen LogP contribution in [0.2, 0.25) is 0 Å². The smallest absolute Gasteiger partial charge is 0.0540 e. The van der Waals surface area contributed by atoms with E-state index in [1.807, 2.05) is 11.3 Å². The summed E-state index contributed by atoms with van der Waals surface area (Å²) in [6, 6.07) is 69.1. The van der Waals surface area contributed by atoms with E-state index in [1.165, 1.54) is 75.8 Å². The zero-order chi connectivity index (χ0) is 35.5. The van der Waals surface area contributed by atoms with Gasteiger partial charge in [0.1, 0.15) is 0 Å². The first-order valence-electron chi connectivity index (χ1n) is 18.3. The zero-order valence-electron chi connectivity index (χ0n) is 29.8. The number of fused-ring (bicyclic) bond motifs is 6. The van der Waals surface area contributed by atoms with Crippen molar-refractivity contribution in [3.8, 4) is 44.5 Å². The molecule has 0 saturated heterocycles. The summed E-state index contributed by atoms with van der Waals surface area (Å²) in [6.45, 7) is 4.73. The fourth-order valence-electron chi connectivity index (χ4n) is 8.36. The molecular weight excluding hydrogens is 659 g/mol. The summed E-state index contributed by atoms with van der Waals surface area (Å²) in [5, 5.41) is 2.62. The van der Waals surface area contributed by atoms with Crippen molar-refractivity contribution < 1.29 is 0 Å². The first kappa shape index (κ1) is 31.5. The molecule has 53 heavy (non-hydrogen) atoms. The van der Waals surface area contributed by atoms with Crippen LogP contribution in [0, 0.1) is 0 Å². The minimum absolute atomic E-state index is 0.110. The second-order valence-electron chi connectivity index (χ2n) is 14.6. The van der Waals surface area contributed by atoms with Crippen molar-refractivity contribution in [3.05, 3.63) is 199 Å². The number of thiophene rings is 1. The van der Waals surface area contributed by atoms with E-state index in [9.17, 15) is 0 Å². The van der Waals surface area contributed by atoms with Crippen LogP contribution in [0.25, 0.3) is 64.7 Å². The SMILES string of the molecule is CC1(C)c2ccccc2-c2ccc(N(c3ccc4c(c3)sc3ccccc34)c3ccc(-c4ccc(-c5ccccc5)cc4)cc3-c3ccccc3)cc21. The van der Waals surface area contributed by atoms with Crippen molar-refractivity contribution in [2.24, 2.45) is 0 Å². The van der Waals surface area contributed by atoms with E-state index in [4.69, 9.17) is 0 Å². The van der Waals surface area contributed by atoms with Gasteiger partial charge in [0, 0.05) is 42.5 Å². The summed E-state index contributed by atoms with van der Waals surface area (Å²) in [6.07, 6.45) is 0. The molecule has 0 bridgehead atoms. The summed E-state index contributed by atoms with van der Waals surface area (Å²) in [5.74, 6) is 0. The monoisotopic (exact) mass is 695 g/mol. The average Bonchev–Trinajstić information content (AvgIpc) is 3.70. The van der Waals surface area contributed by atoms with Gasteiger partial charge in [-0.3, -0.25) is 0 Å². The molecule has 1 aliphatic rings. The molecule has 0 atom stereocenters. The molecule has 0 N–H and O–H groups in total. The van der Waals surface area contributed by atoms with Gasteiger partial charge in [0.25, 0.3) is 0 Å². The fraction of sp³-hybridized carbons (Fsp3) is 0.0588. The molecule has 1 heterocycles. The van der Waals surface area contributed by atoms with Crippen LogP contribution in [0.1, 0.15) is 25.0 Å². The Morgan fingerprint density at radius 3 is 1.74 bits per heavy atom. The molecule has 1 nitrogen and oxygen atoms in total. The van der Waals surface area contributed by atoms with E-state index < -0.39 is 0 Å². The molecule has 2 heteroatoms. The minimum Gasteiger partial charge on any atom is -0.310 e. The standard InChI is InChI=1S/C51H37NS/c1-51(2)46-19-11-9-17-41(46)42-28-26-39(32-47(42)51)52(40-27-29-44-43-18-10-12-20-49(43)53-50(44)33-40)48-30-25-38(31-45(48)37-15-7-4-8-16-37)36-23-21-35(22-24-36)34-13-5-3-6-14-34/h3-33H,1-2H3. The van der Waals surface area contributed by atoms with E-state index in [-0.39, 0.29) is 5.41 Å². The maximum atomic E-state index is 2.48. The van der Waals surface area contributed by atoms with Gasteiger partial charge < -0.3 is 4.90 Å². The maximum Gasteiger partial charge on any atom is 0.0540 e. The molecule has 9 aromatic rings. The van der Waals surface area contributed by atoms with E-state index in [1.54, 1.807) is 0 Å². The normalized spacial score (nSPS) is 12.9. The Hall–Kier alpha value is -6.22. The number of hydrogen-bond acceptors (Lipinski definition) is 2. The summed E-state index contributed by atoms with van der Waals surface area (Å²) in [5.41, 5.74) is 16.0. The van der Waals surface area contributed by atoms with Crippen LogP contribution < -0.4 is 4.90 Å². The Morgan fingerprint density at radius 1 is 0.377 bits per heavy atom. The largest absolute Gasteiger partial charge is 0.310 e. The van der Waals surface area contributed by atoms with E-state index in [0.717, 1.165) is 17.1 Å². The Kier molecular flexibility index (Phi) is 7.42. The molecule has 0 saturated carbocycles. The lowest BCUT2D eigenvalue weighted by atomic mass is 9.82. The van der Waals surface area contributed by atoms with Gasteiger partial charge in [-0.25, -0.2) is 0 Å². The lowest BCUT2D eigenvalue weighted by molar-refractivity contribution is 0.660. The third-order valence-electron chi connectivity index (χ3n) is 11.1. The second-order valence-corrected chi connectivity index (χ2v) is 15.6. The van der Waals surface area contributed by atoms with Gasteiger partial charge >= 0.3 is 0 Å². The lowest BCUT2D eigenvalue weighted by Crippen LogP contribution is -2.17. The van der Waals surface area contributed by atoms with Crippen LogP contribution in [0.3, 0.4) is 0 Å². The van der Waals surface area contributed by atoms with E-state index in [0.29, 0.717) is 0 Å². The number of hydrogen-bond donors (Lipinski definition) is 0. The molecule has 0 radical (unpaired) electrons. The highest BCUT2D eigenvalue weighted by Gasteiger charge is 2.36. The molecule has 10 rings (SSSR count). The first-order valence-corrected chi connectivity index (χ1v) is 19.2. The van der Waals surface area contributed by atoms with Crippen molar-refractivity contribution in [1.82, 2.24) is 0 Å². The van der Waals surface area contributed by atoms with Crippen LogP contribution in [-0.4, -0.2) is 0 Å². The molecule has 0 fully saturated rings. The van der Waals surface area contributed by atoms with Crippen molar-refractivity contribution in [3.63, 3.8) is 0 Å². The summed E-state index contributed by atoms with van der Waals surface area (Å²) in [4.78, 5) is 2.48. The van der Waals surface area contributed by atoms with Gasteiger partial charge in [0.2, 0.25) is 0 Å². The van der Waals surface area contributed by atoms with Crippen LogP contribution in [-0.2, 0) is 5.41 Å². The molecule has 0 amide bonds.